The lowest BCUT2D eigenvalue weighted by molar-refractivity contribution is -0.141. The summed E-state index contributed by atoms with van der Waals surface area (Å²) in [5, 5.41) is 2.57. The summed E-state index contributed by atoms with van der Waals surface area (Å²) >= 11 is 4.73. The highest BCUT2D eigenvalue weighted by Crippen LogP contribution is 2.29. The van der Waals surface area contributed by atoms with Crippen LogP contribution in [0.25, 0.3) is 0 Å². The number of halogens is 3. The average molecular weight is 342 g/mol. The maximum atomic E-state index is 12.6. The van der Waals surface area contributed by atoms with E-state index in [2.05, 4.69) is 15.0 Å². The van der Waals surface area contributed by atoms with Gasteiger partial charge in [0.2, 0.25) is 10.0 Å². The smallest absolute Gasteiger partial charge is 0.389 e. The molecule has 4 N–H and O–H groups in total. The fourth-order valence-electron chi connectivity index (χ4n) is 1.37. The Bertz CT molecular complexity index is 632. The summed E-state index contributed by atoms with van der Waals surface area (Å²) in [6, 6.07) is 1.89. The first-order chi connectivity index (χ1) is 9.50. The zero-order valence-electron chi connectivity index (χ0n) is 10.9. The number of pyridine rings is 1. The number of hydrogen-bond acceptors (Lipinski definition) is 5. The van der Waals surface area contributed by atoms with E-state index < -0.39 is 21.9 Å². The summed E-state index contributed by atoms with van der Waals surface area (Å²) < 4.78 is 61.7. The van der Waals surface area contributed by atoms with Crippen LogP contribution >= 0.6 is 12.2 Å². The van der Waals surface area contributed by atoms with Gasteiger partial charge in [-0.05, 0) is 12.1 Å². The highest BCUT2D eigenvalue weighted by molar-refractivity contribution is 7.88. The van der Waals surface area contributed by atoms with Crippen molar-refractivity contribution >= 4 is 33.0 Å². The SMILES string of the molecule is CS(=O)(=O)NCCNc1nc(C(F)(F)F)ccc1C(N)=S. The van der Waals surface area contributed by atoms with E-state index in [1.54, 1.807) is 0 Å². The molecule has 6 nitrogen and oxygen atoms in total. The summed E-state index contributed by atoms with van der Waals surface area (Å²) in [7, 11) is -3.38. The van der Waals surface area contributed by atoms with Gasteiger partial charge >= 0.3 is 6.18 Å². The van der Waals surface area contributed by atoms with Crippen molar-refractivity contribution in [2.45, 2.75) is 6.18 Å². The number of hydrogen-bond donors (Lipinski definition) is 3. The van der Waals surface area contributed by atoms with Crippen LogP contribution in [-0.2, 0) is 16.2 Å². The fourth-order valence-corrected chi connectivity index (χ4v) is 2.01. The second-order valence-corrected chi connectivity index (χ2v) is 6.32. The third kappa shape index (κ3) is 5.81. The Kier molecular flexibility index (Phi) is 5.48. The molecule has 0 saturated heterocycles. The van der Waals surface area contributed by atoms with Crippen molar-refractivity contribution in [3.05, 3.63) is 23.4 Å². The minimum absolute atomic E-state index is 0.0203. The number of nitrogens with one attached hydrogen (secondary N) is 2. The number of alkyl halides is 3. The standard InChI is InChI=1S/C10H13F3N4O2S2/c1-21(18,19)16-5-4-15-9-6(8(14)20)2-3-7(17-9)10(11,12)13/h2-3,16H,4-5H2,1H3,(H2,14,20)(H,15,17). The molecule has 1 aromatic heterocycles. The van der Waals surface area contributed by atoms with Crippen LogP contribution in [0.1, 0.15) is 11.3 Å². The molecule has 1 rings (SSSR count). The van der Waals surface area contributed by atoms with Gasteiger partial charge in [-0.25, -0.2) is 18.1 Å². The lowest BCUT2D eigenvalue weighted by Crippen LogP contribution is -2.28. The van der Waals surface area contributed by atoms with E-state index in [1.807, 2.05) is 0 Å². The van der Waals surface area contributed by atoms with Gasteiger partial charge in [0.15, 0.2) is 0 Å². The largest absolute Gasteiger partial charge is 0.433 e. The Morgan fingerprint density at radius 2 is 2.00 bits per heavy atom. The van der Waals surface area contributed by atoms with E-state index >= 15 is 0 Å². The van der Waals surface area contributed by atoms with Gasteiger partial charge in [0, 0.05) is 13.1 Å². The average Bonchev–Trinajstić information content (AvgIpc) is 2.32. The molecule has 0 aliphatic carbocycles. The Hall–Kier alpha value is -1.46. The van der Waals surface area contributed by atoms with Crippen LogP contribution < -0.4 is 15.8 Å². The third-order valence-electron chi connectivity index (χ3n) is 2.23. The van der Waals surface area contributed by atoms with E-state index in [0.29, 0.717) is 0 Å². The minimum Gasteiger partial charge on any atom is -0.389 e. The van der Waals surface area contributed by atoms with Crippen LogP contribution in [0.2, 0.25) is 0 Å². The van der Waals surface area contributed by atoms with Crippen LogP contribution in [0.5, 0.6) is 0 Å². The molecule has 0 aliphatic rings. The van der Waals surface area contributed by atoms with E-state index in [-0.39, 0.29) is 29.5 Å². The summed E-state index contributed by atoms with van der Waals surface area (Å²) in [5.41, 5.74) is 4.46. The molecule has 0 amide bonds. The lowest BCUT2D eigenvalue weighted by atomic mass is 10.2. The number of nitrogens with zero attached hydrogens (tertiary/aromatic N) is 1. The molecule has 1 heterocycles. The van der Waals surface area contributed by atoms with Crippen molar-refractivity contribution in [1.29, 1.82) is 0 Å². The highest BCUT2D eigenvalue weighted by atomic mass is 32.2. The molecule has 11 heteroatoms. The first-order valence-corrected chi connectivity index (χ1v) is 7.87. The second-order valence-electron chi connectivity index (χ2n) is 4.05. The van der Waals surface area contributed by atoms with Gasteiger partial charge in [0.1, 0.15) is 16.5 Å². The van der Waals surface area contributed by atoms with Gasteiger partial charge < -0.3 is 11.1 Å². The van der Waals surface area contributed by atoms with Gasteiger partial charge in [-0.1, -0.05) is 12.2 Å². The Labute approximate surface area is 125 Å². The zero-order valence-corrected chi connectivity index (χ0v) is 12.5. The number of sulfonamides is 1. The number of thiocarbonyl (C=S) groups is 1. The van der Waals surface area contributed by atoms with Gasteiger partial charge in [-0.15, -0.1) is 0 Å². The van der Waals surface area contributed by atoms with Crippen molar-refractivity contribution in [3.8, 4) is 0 Å². The highest BCUT2D eigenvalue weighted by Gasteiger charge is 2.33. The van der Waals surface area contributed by atoms with Crippen molar-refractivity contribution in [3.63, 3.8) is 0 Å². The number of rotatable bonds is 6. The van der Waals surface area contributed by atoms with Gasteiger partial charge in [-0.2, -0.15) is 13.2 Å². The van der Waals surface area contributed by atoms with Crippen molar-refractivity contribution in [2.24, 2.45) is 5.73 Å². The summed E-state index contributed by atoms with van der Waals surface area (Å²) in [6.07, 6.45) is -3.63. The minimum atomic E-state index is -4.60. The van der Waals surface area contributed by atoms with Gasteiger partial charge in [0.25, 0.3) is 0 Å². The molecule has 118 valence electrons. The Balaban J connectivity index is 2.89. The second kappa shape index (κ2) is 6.54. The van der Waals surface area contributed by atoms with Crippen LogP contribution in [0.3, 0.4) is 0 Å². The van der Waals surface area contributed by atoms with E-state index in [9.17, 15) is 21.6 Å². The normalized spacial score (nSPS) is 12.2. The molecule has 0 saturated carbocycles. The van der Waals surface area contributed by atoms with Crippen molar-refractivity contribution in [1.82, 2.24) is 9.71 Å². The van der Waals surface area contributed by atoms with Crippen LogP contribution in [0.15, 0.2) is 12.1 Å². The molecule has 0 unspecified atom stereocenters. The number of nitrogens with two attached hydrogens (primary N) is 1. The molecular formula is C10H13F3N4O2S2. The van der Waals surface area contributed by atoms with Crippen LogP contribution in [0.4, 0.5) is 19.0 Å². The maximum absolute atomic E-state index is 12.6. The van der Waals surface area contributed by atoms with E-state index in [4.69, 9.17) is 18.0 Å². The third-order valence-corrected chi connectivity index (χ3v) is 3.18. The molecule has 0 fully saturated rings. The Morgan fingerprint density at radius 3 is 2.48 bits per heavy atom. The number of anilines is 1. The zero-order chi connectivity index (χ0) is 16.3. The molecule has 0 bridgehead atoms. The topological polar surface area (TPSA) is 97.1 Å². The molecule has 1 aromatic rings. The molecule has 0 aliphatic heterocycles. The molecule has 0 atom stereocenters. The van der Waals surface area contributed by atoms with Crippen molar-refractivity contribution < 1.29 is 21.6 Å². The predicted octanol–water partition coefficient (Wildman–Crippen LogP) is 0.696. The van der Waals surface area contributed by atoms with Crippen LogP contribution in [-0.4, -0.2) is 37.7 Å². The summed E-state index contributed by atoms with van der Waals surface area (Å²) in [4.78, 5) is 3.30. The lowest BCUT2D eigenvalue weighted by Gasteiger charge is -2.13. The Morgan fingerprint density at radius 1 is 1.38 bits per heavy atom. The quantitative estimate of drug-likeness (QED) is 0.520. The maximum Gasteiger partial charge on any atom is 0.433 e. The summed E-state index contributed by atoms with van der Waals surface area (Å²) in [6.45, 7) is 0.00449. The first-order valence-electron chi connectivity index (χ1n) is 5.57. The van der Waals surface area contributed by atoms with Crippen molar-refractivity contribution in [2.75, 3.05) is 24.7 Å². The molecule has 0 spiro atoms. The monoisotopic (exact) mass is 342 g/mol. The first kappa shape index (κ1) is 17.6. The van der Waals surface area contributed by atoms with Crippen LogP contribution in [0, 0.1) is 0 Å². The molecular weight excluding hydrogens is 329 g/mol. The molecule has 0 radical (unpaired) electrons. The van der Waals surface area contributed by atoms with Gasteiger partial charge in [-0.3, -0.25) is 0 Å². The van der Waals surface area contributed by atoms with E-state index in [1.165, 1.54) is 0 Å². The van der Waals surface area contributed by atoms with E-state index in [0.717, 1.165) is 18.4 Å². The molecule has 0 aromatic carbocycles. The van der Waals surface area contributed by atoms with Gasteiger partial charge in [0.05, 0.1) is 11.8 Å². The molecule has 21 heavy (non-hydrogen) atoms. The summed E-state index contributed by atoms with van der Waals surface area (Å²) in [5.74, 6) is -0.146. The number of aromatic nitrogens is 1. The fraction of sp³-hybridized carbons (Fsp3) is 0.400. The predicted molar refractivity (Wildman–Crippen MR) is 76.5 cm³/mol.